The average Bonchev–Trinajstić information content (AvgIpc) is 2.22. The third kappa shape index (κ3) is 2.98. The Morgan fingerprint density at radius 3 is 2.58 bits per heavy atom. The van der Waals surface area contributed by atoms with E-state index < -0.39 is 11.4 Å². The summed E-state index contributed by atoms with van der Waals surface area (Å²) in [5, 5.41) is 11.0. The maximum absolute atomic E-state index is 14.3. The molecule has 1 aromatic rings. The number of hydrogen-bond donors (Lipinski definition) is 1. The first-order valence-corrected chi connectivity index (χ1v) is 7.68. The third-order valence-corrected chi connectivity index (χ3v) is 5.15. The number of hydrogen-bond acceptors (Lipinski definition) is 1. The van der Waals surface area contributed by atoms with Crippen LogP contribution in [0.3, 0.4) is 0 Å². The molecule has 1 N–H and O–H groups in total. The SMILES string of the molecule is CC1CC(C)(C)CC(O)(c2ccc(Br)c(Cl)c2F)C1. The topological polar surface area (TPSA) is 20.2 Å². The van der Waals surface area contributed by atoms with Crippen molar-refractivity contribution in [3.8, 4) is 0 Å². The average molecular weight is 350 g/mol. The lowest BCUT2D eigenvalue weighted by molar-refractivity contribution is -0.0657. The van der Waals surface area contributed by atoms with E-state index in [1.165, 1.54) is 0 Å². The molecule has 0 saturated heterocycles. The molecule has 1 nitrogen and oxygen atoms in total. The Balaban J connectivity index is 2.48. The van der Waals surface area contributed by atoms with E-state index in [4.69, 9.17) is 11.6 Å². The van der Waals surface area contributed by atoms with Crippen molar-refractivity contribution in [1.29, 1.82) is 0 Å². The zero-order valence-corrected chi connectivity index (χ0v) is 13.8. The molecule has 1 aliphatic rings. The molecule has 2 rings (SSSR count). The van der Waals surface area contributed by atoms with Gasteiger partial charge in [-0.25, -0.2) is 4.39 Å². The molecular formula is C15H19BrClFO. The first-order valence-electron chi connectivity index (χ1n) is 6.51. The number of halogens is 3. The van der Waals surface area contributed by atoms with Crippen LogP contribution in [0.1, 0.15) is 45.6 Å². The van der Waals surface area contributed by atoms with Crippen LogP contribution in [0.25, 0.3) is 0 Å². The van der Waals surface area contributed by atoms with Crippen LogP contribution in [0.15, 0.2) is 16.6 Å². The van der Waals surface area contributed by atoms with E-state index in [0.717, 1.165) is 6.42 Å². The standard InChI is InChI=1S/C15H19BrClFO/c1-9-6-14(2,3)8-15(19,7-9)10-4-5-11(16)12(17)13(10)18/h4-5,9,19H,6-8H2,1-3H3. The van der Waals surface area contributed by atoms with Gasteiger partial charge in [0, 0.05) is 10.0 Å². The molecule has 106 valence electrons. The van der Waals surface area contributed by atoms with Crippen molar-refractivity contribution in [2.75, 3.05) is 0 Å². The zero-order chi connectivity index (χ0) is 14.4. The summed E-state index contributed by atoms with van der Waals surface area (Å²) in [5.41, 5.74) is -0.811. The van der Waals surface area contributed by atoms with Crippen LogP contribution in [0.2, 0.25) is 5.02 Å². The molecule has 0 amide bonds. The number of rotatable bonds is 1. The minimum absolute atomic E-state index is 0.00158. The Hall–Kier alpha value is -0.120. The summed E-state index contributed by atoms with van der Waals surface area (Å²) in [7, 11) is 0. The van der Waals surface area contributed by atoms with Gasteiger partial charge >= 0.3 is 0 Å². The largest absolute Gasteiger partial charge is 0.385 e. The lowest BCUT2D eigenvalue weighted by atomic mass is 9.64. The quantitative estimate of drug-likeness (QED) is 0.684. The summed E-state index contributed by atoms with van der Waals surface area (Å²) in [4.78, 5) is 0. The van der Waals surface area contributed by atoms with Crippen molar-refractivity contribution < 1.29 is 9.50 Å². The summed E-state index contributed by atoms with van der Waals surface area (Å²) < 4.78 is 14.9. The second kappa shape index (κ2) is 5.01. The Bertz CT molecular complexity index is 503. The molecule has 1 fully saturated rings. The minimum Gasteiger partial charge on any atom is -0.385 e. The maximum atomic E-state index is 14.3. The van der Waals surface area contributed by atoms with Crippen LogP contribution >= 0.6 is 27.5 Å². The van der Waals surface area contributed by atoms with Gasteiger partial charge < -0.3 is 5.11 Å². The van der Waals surface area contributed by atoms with Gasteiger partial charge in [0.25, 0.3) is 0 Å². The van der Waals surface area contributed by atoms with Gasteiger partial charge in [0.15, 0.2) is 0 Å². The fourth-order valence-electron chi connectivity index (χ4n) is 3.62. The molecule has 19 heavy (non-hydrogen) atoms. The minimum atomic E-state index is -1.13. The smallest absolute Gasteiger partial charge is 0.149 e. The Morgan fingerprint density at radius 1 is 1.37 bits per heavy atom. The van der Waals surface area contributed by atoms with Crippen molar-refractivity contribution in [3.63, 3.8) is 0 Å². The van der Waals surface area contributed by atoms with E-state index in [1.54, 1.807) is 12.1 Å². The monoisotopic (exact) mass is 348 g/mol. The van der Waals surface area contributed by atoms with Crippen LogP contribution in [-0.4, -0.2) is 5.11 Å². The van der Waals surface area contributed by atoms with Gasteiger partial charge in [0.2, 0.25) is 0 Å². The number of benzene rings is 1. The lowest BCUT2D eigenvalue weighted by Gasteiger charge is -2.45. The summed E-state index contributed by atoms with van der Waals surface area (Å²) in [5.74, 6) is -0.154. The highest BCUT2D eigenvalue weighted by Gasteiger charge is 2.44. The highest BCUT2D eigenvalue weighted by Crippen LogP contribution is 2.49. The van der Waals surface area contributed by atoms with Gasteiger partial charge in [-0.2, -0.15) is 0 Å². The molecule has 1 saturated carbocycles. The molecule has 0 heterocycles. The van der Waals surface area contributed by atoms with Crippen molar-refractivity contribution in [1.82, 2.24) is 0 Å². The van der Waals surface area contributed by atoms with E-state index in [2.05, 4.69) is 36.7 Å². The summed E-state index contributed by atoms with van der Waals surface area (Å²) in [6, 6.07) is 3.34. The summed E-state index contributed by atoms with van der Waals surface area (Å²) in [6.45, 7) is 6.34. The fourth-order valence-corrected chi connectivity index (χ4v) is 4.09. The molecule has 0 bridgehead atoms. The van der Waals surface area contributed by atoms with Crippen molar-refractivity contribution in [2.45, 2.75) is 45.6 Å². The van der Waals surface area contributed by atoms with E-state index in [1.807, 2.05) is 0 Å². The predicted octanol–water partition coefficient (Wildman–Crippen LogP) is 5.28. The molecule has 2 unspecified atom stereocenters. The second-order valence-corrected chi connectivity index (χ2v) is 7.84. The maximum Gasteiger partial charge on any atom is 0.149 e. The van der Waals surface area contributed by atoms with Crippen LogP contribution in [0.5, 0.6) is 0 Å². The Labute approximate surface area is 127 Å². The lowest BCUT2D eigenvalue weighted by Crippen LogP contribution is -2.40. The predicted molar refractivity (Wildman–Crippen MR) is 79.8 cm³/mol. The third-order valence-electron chi connectivity index (χ3n) is 3.89. The van der Waals surface area contributed by atoms with E-state index in [9.17, 15) is 9.50 Å². The fraction of sp³-hybridized carbons (Fsp3) is 0.600. The highest BCUT2D eigenvalue weighted by molar-refractivity contribution is 9.10. The summed E-state index contributed by atoms with van der Waals surface area (Å²) in [6.07, 6.45) is 2.17. The molecule has 0 radical (unpaired) electrons. The van der Waals surface area contributed by atoms with Gasteiger partial charge in [-0.3, -0.25) is 0 Å². The molecule has 4 heteroatoms. The summed E-state index contributed by atoms with van der Waals surface area (Å²) >= 11 is 9.14. The molecule has 2 atom stereocenters. The van der Waals surface area contributed by atoms with Crippen LogP contribution < -0.4 is 0 Å². The zero-order valence-electron chi connectivity index (χ0n) is 11.4. The van der Waals surface area contributed by atoms with Gasteiger partial charge in [-0.05, 0) is 52.6 Å². The van der Waals surface area contributed by atoms with E-state index >= 15 is 0 Å². The first kappa shape index (κ1) is 15.3. The normalized spacial score (nSPS) is 30.4. The van der Waals surface area contributed by atoms with Crippen LogP contribution in [-0.2, 0) is 5.60 Å². The molecular weight excluding hydrogens is 331 g/mol. The second-order valence-electron chi connectivity index (χ2n) is 6.61. The molecule has 0 aliphatic heterocycles. The van der Waals surface area contributed by atoms with Crippen molar-refractivity contribution in [2.24, 2.45) is 11.3 Å². The first-order chi connectivity index (χ1) is 8.65. The van der Waals surface area contributed by atoms with E-state index in [-0.39, 0.29) is 10.4 Å². The van der Waals surface area contributed by atoms with Crippen molar-refractivity contribution >= 4 is 27.5 Å². The number of aliphatic hydroxyl groups is 1. The molecule has 1 aromatic carbocycles. The van der Waals surface area contributed by atoms with Crippen LogP contribution in [0.4, 0.5) is 4.39 Å². The van der Waals surface area contributed by atoms with Crippen molar-refractivity contribution in [3.05, 3.63) is 33.0 Å². The molecule has 1 aliphatic carbocycles. The Kier molecular flexibility index (Phi) is 4.03. The van der Waals surface area contributed by atoms with Gasteiger partial charge in [-0.15, -0.1) is 0 Å². The molecule has 0 aromatic heterocycles. The van der Waals surface area contributed by atoms with Gasteiger partial charge in [0.1, 0.15) is 5.82 Å². The van der Waals surface area contributed by atoms with Crippen LogP contribution in [0, 0.1) is 17.2 Å². The Morgan fingerprint density at radius 2 is 2.00 bits per heavy atom. The highest BCUT2D eigenvalue weighted by atomic mass is 79.9. The van der Waals surface area contributed by atoms with Gasteiger partial charge in [0.05, 0.1) is 10.6 Å². The van der Waals surface area contributed by atoms with E-state index in [0.29, 0.717) is 28.8 Å². The molecule has 0 spiro atoms. The van der Waals surface area contributed by atoms with Gasteiger partial charge in [-0.1, -0.05) is 38.4 Å².